The molecule has 2 saturated heterocycles. The molecular formula is C12H19F3N2O2. The lowest BCUT2D eigenvalue weighted by molar-refractivity contribution is -0.188. The number of ether oxygens (including phenoxy) is 1. The first-order valence-corrected chi connectivity index (χ1v) is 6.62. The van der Waals surface area contributed by atoms with Crippen molar-refractivity contribution < 1.29 is 22.7 Å². The SMILES string of the molecule is O=C(CC1COCCN1)N1CCCC(C(F)(F)F)C1. The summed E-state index contributed by atoms with van der Waals surface area (Å²) in [5.41, 5.74) is 0. The Balaban J connectivity index is 1.84. The van der Waals surface area contributed by atoms with Crippen molar-refractivity contribution in [3.63, 3.8) is 0 Å². The average molecular weight is 280 g/mol. The Kier molecular flexibility index (Phi) is 4.67. The van der Waals surface area contributed by atoms with Gasteiger partial charge in [0.2, 0.25) is 5.91 Å². The molecule has 0 spiro atoms. The summed E-state index contributed by atoms with van der Waals surface area (Å²) in [5.74, 6) is -1.59. The average Bonchev–Trinajstić information content (AvgIpc) is 2.39. The third kappa shape index (κ3) is 4.07. The smallest absolute Gasteiger partial charge is 0.378 e. The highest BCUT2D eigenvalue weighted by molar-refractivity contribution is 5.77. The second-order valence-electron chi connectivity index (χ2n) is 5.15. The molecule has 0 radical (unpaired) electrons. The van der Waals surface area contributed by atoms with Crippen LogP contribution < -0.4 is 5.32 Å². The molecule has 7 heteroatoms. The molecule has 0 bridgehead atoms. The van der Waals surface area contributed by atoms with Crippen molar-refractivity contribution in [1.82, 2.24) is 10.2 Å². The molecule has 2 rings (SSSR count). The fraction of sp³-hybridized carbons (Fsp3) is 0.917. The number of morpholine rings is 1. The Morgan fingerprint density at radius 1 is 1.42 bits per heavy atom. The monoisotopic (exact) mass is 280 g/mol. The third-order valence-corrected chi connectivity index (χ3v) is 3.66. The molecule has 2 aliphatic heterocycles. The summed E-state index contributed by atoms with van der Waals surface area (Å²) in [6.07, 6.45) is -3.45. The number of rotatable bonds is 2. The molecule has 1 amide bonds. The molecule has 2 fully saturated rings. The summed E-state index contributed by atoms with van der Waals surface area (Å²) in [5, 5.41) is 3.14. The Morgan fingerprint density at radius 3 is 2.84 bits per heavy atom. The molecule has 2 atom stereocenters. The minimum Gasteiger partial charge on any atom is -0.378 e. The molecule has 0 aromatic heterocycles. The highest BCUT2D eigenvalue weighted by Gasteiger charge is 2.42. The van der Waals surface area contributed by atoms with Crippen molar-refractivity contribution in [2.45, 2.75) is 31.5 Å². The van der Waals surface area contributed by atoms with Crippen LogP contribution in [0.5, 0.6) is 0 Å². The normalized spacial score (nSPS) is 29.3. The van der Waals surface area contributed by atoms with Crippen molar-refractivity contribution in [1.29, 1.82) is 0 Å². The summed E-state index contributed by atoms with van der Waals surface area (Å²) >= 11 is 0. The first-order chi connectivity index (χ1) is 8.97. The van der Waals surface area contributed by atoms with E-state index in [9.17, 15) is 18.0 Å². The number of likely N-dealkylation sites (tertiary alicyclic amines) is 1. The van der Waals surface area contributed by atoms with E-state index in [0.29, 0.717) is 32.7 Å². The maximum atomic E-state index is 12.7. The minimum atomic E-state index is -4.20. The minimum absolute atomic E-state index is 0.0764. The van der Waals surface area contributed by atoms with Gasteiger partial charge in [-0.05, 0) is 12.8 Å². The van der Waals surface area contributed by atoms with Crippen LogP contribution >= 0.6 is 0 Å². The van der Waals surface area contributed by atoms with Crippen LogP contribution in [-0.2, 0) is 9.53 Å². The maximum absolute atomic E-state index is 12.7. The zero-order chi connectivity index (χ0) is 13.9. The second-order valence-corrected chi connectivity index (χ2v) is 5.15. The van der Waals surface area contributed by atoms with E-state index in [1.165, 1.54) is 4.90 Å². The predicted octanol–water partition coefficient (Wildman–Crippen LogP) is 1.17. The first-order valence-electron chi connectivity index (χ1n) is 6.62. The maximum Gasteiger partial charge on any atom is 0.393 e. The molecular weight excluding hydrogens is 261 g/mol. The summed E-state index contributed by atoms with van der Waals surface area (Å²) < 4.78 is 43.2. The zero-order valence-electron chi connectivity index (χ0n) is 10.7. The summed E-state index contributed by atoms with van der Waals surface area (Å²) in [6.45, 7) is 1.98. The van der Waals surface area contributed by atoms with E-state index >= 15 is 0 Å². The molecule has 0 saturated carbocycles. The lowest BCUT2D eigenvalue weighted by Crippen LogP contribution is -2.48. The fourth-order valence-corrected chi connectivity index (χ4v) is 2.56. The number of nitrogens with one attached hydrogen (secondary N) is 1. The number of amides is 1. The molecule has 2 unspecified atom stereocenters. The van der Waals surface area contributed by atoms with Gasteiger partial charge in [0.25, 0.3) is 0 Å². The molecule has 19 heavy (non-hydrogen) atoms. The van der Waals surface area contributed by atoms with E-state index in [0.717, 1.165) is 0 Å². The topological polar surface area (TPSA) is 41.6 Å². The van der Waals surface area contributed by atoms with Crippen LogP contribution in [-0.4, -0.2) is 55.9 Å². The second kappa shape index (κ2) is 6.09. The van der Waals surface area contributed by atoms with Gasteiger partial charge in [0, 0.05) is 32.1 Å². The van der Waals surface area contributed by atoms with E-state index in [1.54, 1.807) is 0 Å². The number of carbonyl (C=O) groups is 1. The van der Waals surface area contributed by atoms with Crippen molar-refractivity contribution in [3.8, 4) is 0 Å². The lowest BCUT2D eigenvalue weighted by atomic mass is 9.97. The van der Waals surface area contributed by atoms with Gasteiger partial charge in [-0.1, -0.05) is 0 Å². The van der Waals surface area contributed by atoms with Gasteiger partial charge in [-0.25, -0.2) is 0 Å². The number of alkyl halides is 3. The Bertz CT molecular complexity index is 317. The van der Waals surface area contributed by atoms with Gasteiger partial charge in [-0.15, -0.1) is 0 Å². The largest absolute Gasteiger partial charge is 0.393 e. The number of halogens is 3. The van der Waals surface area contributed by atoms with Gasteiger partial charge in [-0.2, -0.15) is 13.2 Å². The number of carbonyl (C=O) groups excluding carboxylic acids is 1. The summed E-state index contributed by atoms with van der Waals surface area (Å²) in [4.78, 5) is 13.3. The van der Waals surface area contributed by atoms with E-state index in [-0.39, 0.29) is 31.3 Å². The molecule has 2 heterocycles. The van der Waals surface area contributed by atoms with Gasteiger partial charge < -0.3 is 15.0 Å². The number of hydrogen-bond acceptors (Lipinski definition) is 3. The fourth-order valence-electron chi connectivity index (χ4n) is 2.56. The van der Waals surface area contributed by atoms with Crippen LogP contribution in [0.2, 0.25) is 0 Å². The van der Waals surface area contributed by atoms with Crippen LogP contribution in [0.15, 0.2) is 0 Å². The van der Waals surface area contributed by atoms with E-state index in [2.05, 4.69) is 5.32 Å². The molecule has 1 N–H and O–H groups in total. The molecule has 110 valence electrons. The van der Waals surface area contributed by atoms with Crippen LogP contribution in [0.25, 0.3) is 0 Å². The highest BCUT2D eigenvalue weighted by atomic mass is 19.4. The van der Waals surface area contributed by atoms with Crippen LogP contribution in [0.4, 0.5) is 13.2 Å². The third-order valence-electron chi connectivity index (χ3n) is 3.66. The van der Waals surface area contributed by atoms with E-state index < -0.39 is 12.1 Å². The van der Waals surface area contributed by atoms with Gasteiger partial charge in [0.15, 0.2) is 0 Å². The number of nitrogens with zero attached hydrogens (tertiary/aromatic N) is 1. The number of piperidine rings is 1. The van der Waals surface area contributed by atoms with E-state index in [1.807, 2.05) is 0 Å². The van der Waals surface area contributed by atoms with Crippen LogP contribution in [0.3, 0.4) is 0 Å². The van der Waals surface area contributed by atoms with Gasteiger partial charge in [-0.3, -0.25) is 4.79 Å². The lowest BCUT2D eigenvalue weighted by Gasteiger charge is -2.35. The van der Waals surface area contributed by atoms with Crippen molar-refractivity contribution in [2.24, 2.45) is 5.92 Å². The molecule has 0 aliphatic carbocycles. The Morgan fingerprint density at radius 2 is 2.21 bits per heavy atom. The van der Waals surface area contributed by atoms with E-state index in [4.69, 9.17) is 4.74 Å². The Hall–Kier alpha value is -0.820. The highest BCUT2D eigenvalue weighted by Crippen LogP contribution is 2.33. The van der Waals surface area contributed by atoms with Gasteiger partial charge in [0.1, 0.15) is 0 Å². The first kappa shape index (κ1) is 14.6. The predicted molar refractivity (Wildman–Crippen MR) is 62.6 cm³/mol. The van der Waals surface area contributed by atoms with Crippen LogP contribution in [0.1, 0.15) is 19.3 Å². The Labute approximate surface area is 110 Å². The zero-order valence-corrected chi connectivity index (χ0v) is 10.7. The molecule has 0 aromatic carbocycles. The molecule has 0 aromatic rings. The quantitative estimate of drug-likeness (QED) is 0.825. The number of hydrogen-bond donors (Lipinski definition) is 1. The van der Waals surface area contributed by atoms with Crippen molar-refractivity contribution in [2.75, 3.05) is 32.8 Å². The summed E-state index contributed by atoms with van der Waals surface area (Å²) in [6, 6.07) is -0.0764. The van der Waals surface area contributed by atoms with Gasteiger partial charge in [0.05, 0.1) is 19.1 Å². The van der Waals surface area contributed by atoms with Crippen molar-refractivity contribution in [3.05, 3.63) is 0 Å². The molecule has 2 aliphatic rings. The van der Waals surface area contributed by atoms with Crippen molar-refractivity contribution >= 4 is 5.91 Å². The van der Waals surface area contributed by atoms with Gasteiger partial charge >= 0.3 is 6.18 Å². The standard InChI is InChI=1S/C12H19F3N2O2/c13-12(14,15)9-2-1-4-17(7-9)11(18)6-10-8-19-5-3-16-10/h9-10,16H,1-8H2. The van der Waals surface area contributed by atoms with Crippen LogP contribution in [0, 0.1) is 5.92 Å². The summed E-state index contributed by atoms with van der Waals surface area (Å²) in [7, 11) is 0. The molecule has 4 nitrogen and oxygen atoms in total.